The lowest BCUT2D eigenvalue weighted by Crippen LogP contribution is -2.57. The van der Waals surface area contributed by atoms with Gasteiger partial charge < -0.3 is 31.1 Å². The number of ether oxygens (including phenoxy) is 1. The molecule has 1 aromatic heterocycles. The molecule has 3 rings (SSSR count). The van der Waals surface area contributed by atoms with E-state index in [2.05, 4.69) is 33.2 Å². The summed E-state index contributed by atoms with van der Waals surface area (Å²) < 4.78 is 5.52. The van der Waals surface area contributed by atoms with Crippen molar-refractivity contribution >= 4 is 35.2 Å². The molecule has 0 fully saturated rings. The summed E-state index contributed by atoms with van der Waals surface area (Å²) in [5.74, 6) is -1.01. The number of nitrogens with zero attached hydrogens (tertiary/aromatic N) is 1. The Morgan fingerprint density at radius 2 is 1.43 bits per heavy atom. The molecule has 0 aliphatic heterocycles. The van der Waals surface area contributed by atoms with E-state index in [-0.39, 0.29) is 37.7 Å². The van der Waals surface area contributed by atoms with E-state index < -0.39 is 42.1 Å². The molecule has 0 bridgehead atoms. The summed E-state index contributed by atoms with van der Waals surface area (Å²) in [6.07, 6.45) is -0.535. The third-order valence-electron chi connectivity index (χ3n) is 10.2. The van der Waals surface area contributed by atoms with Gasteiger partial charge in [0.05, 0.1) is 29.8 Å². The second-order valence-electron chi connectivity index (χ2n) is 14.6. The Hall–Kier alpha value is -4.29. The molecular formula is C41H59N5O6S. The molecule has 4 amide bonds. The van der Waals surface area contributed by atoms with Crippen molar-refractivity contribution in [1.82, 2.24) is 26.3 Å². The molecule has 11 nitrogen and oxygen atoms in total. The lowest BCUT2D eigenvalue weighted by Gasteiger charge is -2.29. The maximum absolute atomic E-state index is 14.3. The number of carbonyl (C=O) groups excluding carboxylic acids is 4. The van der Waals surface area contributed by atoms with E-state index in [1.165, 1.54) is 16.9 Å². The van der Waals surface area contributed by atoms with Crippen LogP contribution in [0.15, 0.2) is 41.2 Å². The Labute approximate surface area is 319 Å². The Kier molecular flexibility index (Phi) is 16.9. The first-order chi connectivity index (χ1) is 25.1. The van der Waals surface area contributed by atoms with Crippen molar-refractivity contribution in [2.75, 3.05) is 6.54 Å². The van der Waals surface area contributed by atoms with Crippen molar-refractivity contribution < 1.29 is 29.0 Å². The molecule has 0 aliphatic rings. The van der Waals surface area contributed by atoms with E-state index in [1.807, 2.05) is 85.7 Å². The number of nitrogens with one attached hydrogen (secondary N) is 4. The third kappa shape index (κ3) is 13.3. The van der Waals surface area contributed by atoms with Gasteiger partial charge >= 0.3 is 6.09 Å². The molecule has 5 N–H and O–H groups in total. The topological polar surface area (TPSA) is 159 Å². The third-order valence-corrected chi connectivity index (χ3v) is 10.8. The number of hydrogen-bond acceptors (Lipinski definition) is 8. The molecule has 0 radical (unpaired) electrons. The van der Waals surface area contributed by atoms with Crippen LogP contribution in [0, 0.1) is 46.5 Å². The van der Waals surface area contributed by atoms with Gasteiger partial charge in [-0.1, -0.05) is 64.4 Å². The molecule has 2 aromatic carbocycles. The van der Waals surface area contributed by atoms with Crippen molar-refractivity contribution in [3.05, 3.63) is 85.9 Å². The highest BCUT2D eigenvalue weighted by Crippen LogP contribution is 2.27. The average Bonchev–Trinajstić information content (AvgIpc) is 3.65. The molecule has 12 heteroatoms. The van der Waals surface area contributed by atoms with Crippen LogP contribution in [0.4, 0.5) is 4.79 Å². The first-order valence-corrected chi connectivity index (χ1v) is 19.5. The molecule has 0 saturated heterocycles. The number of hydrogen-bond donors (Lipinski definition) is 5. The molecule has 5 atom stereocenters. The lowest BCUT2D eigenvalue weighted by atomic mass is 9.86. The quantitative estimate of drug-likeness (QED) is 0.105. The maximum atomic E-state index is 14.3. The maximum Gasteiger partial charge on any atom is 0.408 e. The second-order valence-corrected chi connectivity index (χ2v) is 15.4. The van der Waals surface area contributed by atoms with Crippen molar-refractivity contribution in [3.63, 3.8) is 0 Å². The van der Waals surface area contributed by atoms with E-state index in [0.717, 1.165) is 39.8 Å². The minimum absolute atomic E-state index is 0.0197. The van der Waals surface area contributed by atoms with E-state index in [1.54, 1.807) is 10.9 Å². The largest absolute Gasteiger partial charge is 0.445 e. The molecule has 3 aromatic rings. The molecule has 0 spiro atoms. The van der Waals surface area contributed by atoms with E-state index in [0.29, 0.717) is 24.6 Å². The van der Waals surface area contributed by atoms with Crippen LogP contribution in [0.2, 0.25) is 0 Å². The number of aromatic nitrogens is 1. The first kappa shape index (κ1) is 43.1. The number of carbonyl (C=O) groups is 4. The van der Waals surface area contributed by atoms with Gasteiger partial charge in [0.1, 0.15) is 18.7 Å². The number of amides is 4. The number of thiazole rings is 1. The number of aliphatic hydroxyl groups is 1. The van der Waals surface area contributed by atoms with Crippen LogP contribution in [0.5, 0.6) is 0 Å². The first-order valence-electron chi connectivity index (χ1n) is 18.6. The second kappa shape index (κ2) is 20.8. The zero-order chi connectivity index (χ0) is 39.2. The van der Waals surface area contributed by atoms with Gasteiger partial charge in [-0.2, -0.15) is 0 Å². The van der Waals surface area contributed by atoms with Crippen molar-refractivity contribution in [2.45, 2.75) is 125 Å². The predicted octanol–water partition coefficient (Wildman–Crippen LogP) is 5.69. The van der Waals surface area contributed by atoms with Gasteiger partial charge in [0, 0.05) is 24.8 Å². The number of aliphatic hydroxyl groups excluding tert-OH is 1. The van der Waals surface area contributed by atoms with Crippen LogP contribution >= 0.6 is 11.3 Å². The van der Waals surface area contributed by atoms with Gasteiger partial charge in [-0.3, -0.25) is 14.4 Å². The number of benzene rings is 2. The van der Waals surface area contributed by atoms with E-state index >= 15 is 0 Å². The van der Waals surface area contributed by atoms with Crippen LogP contribution in [0.25, 0.3) is 0 Å². The standard InChI is InChI=1S/C41H59N5O6S/c1-10-25(4)20-42-38(48)19-37(47)34(16-24(2)3)44-39(49)35(17-32-22-53-23-43-32)45-40(50)36(46-41(51)52-21-31-14-12-11-13-15-31)18-33-29(8)27(6)26(5)28(7)30(33)9/h11-15,22-25,34-37,47H,10,16-21H2,1-9H3,(H,42,48)(H,44,49)(H,45,50)(H,46,51)/t25?,34?,35-,36-,37?/m0/s1. The Balaban J connectivity index is 1.89. The molecule has 53 heavy (non-hydrogen) atoms. The highest BCUT2D eigenvalue weighted by molar-refractivity contribution is 7.07. The van der Waals surface area contributed by atoms with Gasteiger partial charge in [-0.15, -0.1) is 11.3 Å². The van der Waals surface area contributed by atoms with E-state index in [4.69, 9.17) is 4.74 Å². The molecule has 1 heterocycles. The molecular weight excluding hydrogens is 691 g/mol. The zero-order valence-corrected chi connectivity index (χ0v) is 33.6. The molecule has 0 saturated carbocycles. The van der Waals surface area contributed by atoms with Gasteiger partial charge in [0.15, 0.2) is 0 Å². The van der Waals surface area contributed by atoms with Crippen LogP contribution in [-0.2, 0) is 38.6 Å². The summed E-state index contributed by atoms with van der Waals surface area (Å²) in [6, 6.07) is 6.31. The fourth-order valence-corrected chi connectivity index (χ4v) is 6.74. The Morgan fingerprint density at radius 1 is 0.830 bits per heavy atom. The minimum atomic E-state index is -1.15. The van der Waals surface area contributed by atoms with Gasteiger partial charge in [0.25, 0.3) is 0 Å². The SMILES string of the molecule is CCC(C)CNC(=O)CC(O)C(CC(C)C)NC(=O)[C@H](Cc1cscn1)NC(=O)[C@H](Cc1c(C)c(C)c(C)c(C)c1C)NC(=O)OCc1ccccc1. The molecule has 290 valence electrons. The highest BCUT2D eigenvalue weighted by atomic mass is 32.1. The fraction of sp³-hybridized carbons (Fsp3) is 0.537. The highest BCUT2D eigenvalue weighted by Gasteiger charge is 2.32. The predicted molar refractivity (Wildman–Crippen MR) is 210 cm³/mol. The molecule has 0 aliphatic carbocycles. The summed E-state index contributed by atoms with van der Waals surface area (Å²) in [5, 5.41) is 24.5. The van der Waals surface area contributed by atoms with Crippen LogP contribution in [0.1, 0.15) is 91.6 Å². The fourth-order valence-electron chi connectivity index (χ4n) is 6.17. The minimum Gasteiger partial charge on any atom is -0.445 e. The van der Waals surface area contributed by atoms with Crippen molar-refractivity contribution in [2.24, 2.45) is 11.8 Å². The summed E-state index contributed by atoms with van der Waals surface area (Å²) >= 11 is 1.37. The summed E-state index contributed by atoms with van der Waals surface area (Å²) in [5.41, 5.74) is 9.42. The summed E-state index contributed by atoms with van der Waals surface area (Å²) in [7, 11) is 0. The lowest BCUT2D eigenvalue weighted by molar-refractivity contribution is -0.131. The number of rotatable bonds is 19. The van der Waals surface area contributed by atoms with Crippen molar-refractivity contribution in [1.29, 1.82) is 0 Å². The smallest absolute Gasteiger partial charge is 0.408 e. The molecule has 3 unspecified atom stereocenters. The van der Waals surface area contributed by atoms with Crippen LogP contribution < -0.4 is 21.3 Å². The Bertz CT molecular complexity index is 1630. The van der Waals surface area contributed by atoms with Gasteiger partial charge in [0.2, 0.25) is 17.7 Å². The van der Waals surface area contributed by atoms with E-state index in [9.17, 15) is 24.3 Å². The normalized spacial score (nSPS) is 14.1. The number of alkyl carbamates (subject to hydrolysis) is 1. The summed E-state index contributed by atoms with van der Waals surface area (Å²) in [6.45, 7) is 18.7. The monoisotopic (exact) mass is 749 g/mol. The van der Waals surface area contributed by atoms with Crippen LogP contribution in [0.3, 0.4) is 0 Å². The van der Waals surface area contributed by atoms with Crippen molar-refractivity contribution in [3.8, 4) is 0 Å². The van der Waals surface area contributed by atoms with Crippen LogP contribution in [-0.4, -0.2) is 64.7 Å². The zero-order valence-electron chi connectivity index (χ0n) is 32.8. The van der Waals surface area contributed by atoms with Gasteiger partial charge in [-0.05, 0) is 91.8 Å². The average molecular weight is 750 g/mol. The summed E-state index contributed by atoms with van der Waals surface area (Å²) in [4.78, 5) is 58.6. The van der Waals surface area contributed by atoms with Gasteiger partial charge in [-0.25, -0.2) is 9.78 Å². The Morgan fingerprint density at radius 3 is 2.02 bits per heavy atom.